The Bertz CT molecular complexity index is 1100. The first kappa shape index (κ1) is 18.3. The van der Waals surface area contributed by atoms with Crippen LogP contribution in [-0.4, -0.2) is 19.6 Å². The lowest BCUT2D eigenvalue weighted by Crippen LogP contribution is -2.12. The lowest BCUT2D eigenvalue weighted by atomic mass is 9.91. The molecule has 0 fully saturated rings. The summed E-state index contributed by atoms with van der Waals surface area (Å²) in [7, 11) is 3.33. The van der Waals surface area contributed by atoms with Gasteiger partial charge in [-0.1, -0.05) is 51.1 Å². The zero-order chi connectivity index (χ0) is 19.8. The summed E-state index contributed by atoms with van der Waals surface area (Å²) < 4.78 is 2.87. The van der Waals surface area contributed by atoms with Crippen LogP contribution in [0.4, 0.5) is 11.5 Å². The third kappa shape index (κ3) is 3.31. The van der Waals surface area contributed by atoms with E-state index in [4.69, 9.17) is 0 Å². The smallest absolute Gasteiger partial charge is 0.294 e. The van der Waals surface area contributed by atoms with Crippen LogP contribution in [0.5, 0.6) is 0 Å². The van der Waals surface area contributed by atoms with Crippen molar-refractivity contribution in [1.82, 2.24) is 19.6 Å². The van der Waals surface area contributed by atoms with Gasteiger partial charge in [0.2, 0.25) is 0 Å². The standard InChI is InChI=1S/C19H21N7O/c1-19(2,3)16-15(18(27)26(5)24-16)21-22-17-13(11-20)14(23-25(17)4)12-9-7-6-8-10-12/h6-10,24H,1-5H3. The number of nitriles is 1. The maximum atomic E-state index is 12.4. The van der Waals surface area contributed by atoms with Crippen molar-refractivity contribution in [3.63, 3.8) is 0 Å². The van der Waals surface area contributed by atoms with Crippen molar-refractivity contribution in [1.29, 1.82) is 5.26 Å². The monoisotopic (exact) mass is 363 g/mol. The van der Waals surface area contributed by atoms with Gasteiger partial charge in [-0.3, -0.25) is 14.6 Å². The van der Waals surface area contributed by atoms with Crippen LogP contribution < -0.4 is 5.56 Å². The number of rotatable bonds is 3. The number of H-pyrrole nitrogens is 1. The number of hydrogen-bond acceptors (Lipinski definition) is 5. The van der Waals surface area contributed by atoms with Gasteiger partial charge in [0.15, 0.2) is 11.5 Å². The minimum atomic E-state index is -0.311. The number of hydrogen-bond donors (Lipinski definition) is 1. The van der Waals surface area contributed by atoms with Crippen LogP contribution in [0.25, 0.3) is 11.3 Å². The molecule has 1 aromatic carbocycles. The quantitative estimate of drug-likeness (QED) is 0.717. The topological polar surface area (TPSA) is 104 Å². The summed E-state index contributed by atoms with van der Waals surface area (Å²) in [5, 5.41) is 25.5. The molecule has 0 aliphatic heterocycles. The second-order valence-electron chi connectivity index (χ2n) is 7.30. The van der Waals surface area contributed by atoms with E-state index in [9.17, 15) is 10.1 Å². The first-order valence-electron chi connectivity index (χ1n) is 8.47. The highest BCUT2D eigenvalue weighted by molar-refractivity contribution is 5.72. The van der Waals surface area contributed by atoms with Crippen molar-refractivity contribution in [2.45, 2.75) is 26.2 Å². The third-order valence-electron chi connectivity index (χ3n) is 4.19. The fraction of sp³-hybridized carbons (Fsp3) is 0.316. The summed E-state index contributed by atoms with van der Waals surface area (Å²) in [6, 6.07) is 11.6. The molecule has 2 aromatic heterocycles. The Morgan fingerprint density at radius 1 is 1.15 bits per heavy atom. The molecule has 0 aliphatic carbocycles. The van der Waals surface area contributed by atoms with Crippen LogP contribution in [0.2, 0.25) is 0 Å². The molecule has 3 rings (SSSR count). The van der Waals surface area contributed by atoms with Crippen molar-refractivity contribution < 1.29 is 0 Å². The third-order valence-corrected chi connectivity index (χ3v) is 4.19. The van der Waals surface area contributed by atoms with Crippen LogP contribution >= 0.6 is 0 Å². The van der Waals surface area contributed by atoms with Gasteiger partial charge in [-0.05, 0) is 0 Å². The van der Waals surface area contributed by atoms with Crippen molar-refractivity contribution in [3.8, 4) is 17.3 Å². The molecule has 2 heterocycles. The normalized spacial score (nSPS) is 11.9. The molecule has 8 nitrogen and oxygen atoms in total. The molecule has 138 valence electrons. The SMILES string of the molecule is Cn1nc(-c2ccccc2)c(C#N)c1N=Nc1c(C(C)(C)C)[nH]n(C)c1=O. The van der Waals surface area contributed by atoms with Gasteiger partial charge in [-0.25, -0.2) is 4.68 Å². The minimum Gasteiger partial charge on any atom is -0.297 e. The molecule has 1 N–H and O–H groups in total. The van der Waals surface area contributed by atoms with Crippen LogP contribution in [0.15, 0.2) is 45.4 Å². The summed E-state index contributed by atoms with van der Waals surface area (Å²) in [6.07, 6.45) is 0. The minimum absolute atomic E-state index is 0.233. The highest BCUT2D eigenvalue weighted by atomic mass is 16.1. The van der Waals surface area contributed by atoms with Crippen LogP contribution in [0.3, 0.4) is 0 Å². The largest absolute Gasteiger partial charge is 0.297 e. The van der Waals surface area contributed by atoms with E-state index >= 15 is 0 Å². The molecule has 0 aliphatic rings. The lowest BCUT2D eigenvalue weighted by molar-refractivity contribution is 0.552. The van der Waals surface area contributed by atoms with Gasteiger partial charge >= 0.3 is 0 Å². The van der Waals surface area contributed by atoms with E-state index in [1.807, 2.05) is 51.1 Å². The van der Waals surface area contributed by atoms with E-state index < -0.39 is 0 Å². The first-order chi connectivity index (χ1) is 12.7. The molecule has 0 amide bonds. The van der Waals surface area contributed by atoms with Crippen LogP contribution in [-0.2, 0) is 19.5 Å². The Morgan fingerprint density at radius 2 is 1.81 bits per heavy atom. The number of aromatic nitrogens is 4. The van der Waals surface area contributed by atoms with E-state index in [-0.39, 0.29) is 16.7 Å². The average Bonchev–Trinajstić information content (AvgIpc) is 3.10. The van der Waals surface area contributed by atoms with Crippen LogP contribution in [0, 0.1) is 11.3 Å². The van der Waals surface area contributed by atoms with Crippen molar-refractivity contribution in [3.05, 3.63) is 51.9 Å². The number of azo groups is 1. The number of aromatic amines is 1. The van der Waals surface area contributed by atoms with Gasteiger partial charge in [0, 0.05) is 25.1 Å². The van der Waals surface area contributed by atoms with E-state index in [1.165, 1.54) is 9.36 Å². The Kier molecular flexibility index (Phi) is 4.54. The van der Waals surface area contributed by atoms with E-state index in [0.29, 0.717) is 22.8 Å². The Labute approximate surface area is 156 Å². The molecule has 0 bridgehead atoms. The van der Waals surface area contributed by atoms with Gasteiger partial charge in [-0.2, -0.15) is 10.4 Å². The second-order valence-corrected chi connectivity index (χ2v) is 7.30. The van der Waals surface area contributed by atoms with Crippen LogP contribution in [0.1, 0.15) is 32.0 Å². The number of benzene rings is 1. The van der Waals surface area contributed by atoms with Gasteiger partial charge in [-0.15, -0.1) is 10.2 Å². The summed E-state index contributed by atoms with van der Waals surface area (Å²) in [5.74, 6) is 0.305. The van der Waals surface area contributed by atoms with Crippen molar-refractivity contribution in [2.24, 2.45) is 24.3 Å². The number of nitrogens with zero attached hydrogens (tertiary/aromatic N) is 6. The number of nitrogens with one attached hydrogen (secondary N) is 1. The highest BCUT2D eigenvalue weighted by Gasteiger charge is 2.24. The Balaban J connectivity index is 2.12. The zero-order valence-electron chi connectivity index (χ0n) is 16.0. The molecule has 0 spiro atoms. The zero-order valence-corrected chi connectivity index (χ0v) is 16.0. The van der Waals surface area contributed by atoms with Gasteiger partial charge < -0.3 is 0 Å². The van der Waals surface area contributed by atoms with E-state index in [1.54, 1.807) is 14.1 Å². The van der Waals surface area contributed by atoms with E-state index in [2.05, 4.69) is 26.5 Å². The molecule has 27 heavy (non-hydrogen) atoms. The molecular formula is C19H21N7O. The van der Waals surface area contributed by atoms with Gasteiger partial charge in [0.1, 0.15) is 17.3 Å². The van der Waals surface area contributed by atoms with E-state index in [0.717, 1.165) is 5.56 Å². The summed E-state index contributed by atoms with van der Waals surface area (Å²) in [6.45, 7) is 5.95. The molecule has 0 radical (unpaired) electrons. The molecule has 0 saturated carbocycles. The Morgan fingerprint density at radius 3 is 2.41 bits per heavy atom. The Hall–Kier alpha value is -3.47. The molecule has 0 saturated heterocycles. The maximum Gasteiger partial charge on any atom is 0.294 e. The maximum absolute atomic E-state index is 12.4. The number of aryl methyl sites for hydroxylation is 2. The molecular weight excluding hydrogens is 342 g/mol. The fourth-order valence-corrected chi connectivity index (χ4v) is 2.78. The van der Waals surface area contributed by atoms with Gasteiger partial charge in [0.25, 0.3) is 5.56 Å². The molecule has 8 heteroatoms. The molecule has 3 aromatic rings. The predicted octanol–water partition coefficient (Wildman–Crippen LogP) is 3.70. The summed E-state index contributed by atoms with van der Waals surface area (Å²) in [4.78, 5) is 12.4. The van der Waals surface area contributed by atoms with Gasteiger partial charge in [0.05, 0.1) is 5.69 Å². The highest BCUT2D eigenvalue weighted by Crippen LogP contribution is 2.32. The average molecular weight is 363 g/mol. The summed E-state index contributed by atoms with van der Waals surface area (Å²) in [5.41, 5.74) is 2.00. The first-order valence-corrected chi connectivity index (χ1v) is 8.47. The van der Waals surface area contributed by atoms with Crippen molar-refractivity contribution in [2.75, 3.05) is 0 Å². The van der Waals surface area contributed by atoms with Crippen molar-refractivity contribution >= 4 is 11.5 Å². The fourth-order valence-electron chi connectivity index (χ4n) is 2.78. The summed E-state index contributed by atoms with van der Waals surface area (Å²) >= 11 is 0. The second kappa shape index (κ2) is 6.68. The molecule has 0 atom stereocenters. The molecule has 0 unspecified atom stereocenters. The predicted molar refractivity (Wildman–Crippen MR) is 102 cm³/mol. The lowest BCUT2D eigenvalue weighted by Gasteiger charge is -2.16.